The summed E-state index contributed by atoms with van der Waals surface area (Å²) in [6, 6.07) is 4.63. The second kappa shape index (κ2) is 7.04. The van der Waals surface area contributed by atoms with Gasteiger partial charge in [0.15, 0.2) is 0 Å². The number of benzene rings is 1. The molecule has 0 amide bonds. The first-order valence-corrected chi connectivity index (χ1v) is 7.61. The molecule has 0 aromatic heterocycles. The van der Waals surface area contributed by atoms with Crippen LogP contribution in [-0.4, -0.2) is 22.7 Å². The van der Waals surface area contributed by atoms with Gasteiger partial charge >= 0.3 is 0 Å². The number of hydrogen-bond acceptors (Lipinski definition) is 4. The van der Waals surface area contributed by atoms with Crippen molar-refractivity contribution in [3.05, 3.63) is 32.8 Å². The van der Waals surface area contributed by atoms with E-state index in [1.54, 1.807) is 12.1 Å². The van der Waals surface area contributed by atoms with E-state index in [-0.39, 0.29) is 12.3 Å². The average Bonchev–Trinajstić information content (AvgIpc) is 2.90. The molecule has 2 rings (SSSR count). The molecule has 0 saturated heterocycles. The van der Waals surface area contributed by atoms with Gasteiger partial charge in [-0.1, -0.05) is 31.7 Å². The molecule has 20 heavy (non-hydrogen) atoms. The van der Waals surface area contributed by atoms with Gasteiger partial charge in [0.05, 0.1) is 11.0 Å². The summed E-state index contributed by atoms with van der Waals surface area (Å²) in [6.45, 7) is 0.163. The summed E-state index contributed by atoms with van der Waals surface area (Å²) in [5, 5.41) is 20.8. The zero-order valence-corrected chi connectivity index (χ0v) is 12.7. The Morgan fingerprint density at radius 1 is 1.45 bits per heavy atom. The number of aliphatic hydroxyl groups is 1. The van der Waals surface area contributed by atoms with E-state index in [0.29, 0.717) is 16.1 Å². The fourth-order valence-electron chi connectivity index (χ4n) is 2.64. The van der Waals surface area contributed by atoms with Crippen LogP contribution in [0.25, 0.3) is 0 Å². The van der Waals surface area contributed by atoms with Crippen molar-refractivity contribution in [2.75, 3.05) is 6.61 Å². The van der Waals surface area contributed by atoms with Crippen LogP contribution in [0.3, 0.4) is 0 Å². The minimum absolute atomic E-state index is 0.0345. The van der Waals surface area contributed by atoms with Gasteiger partial charge in [-0.15, -0.1) is 0 Å². The fourth-order valence-corrected chi connectivity index (χ4v) is 3.16. The Balaban J connectivity index is 1.90. The maximum atomic E-state index is 10.8. The molecule has 1 aliphatic carbocycles. The van der Waals surface area contributed by atoms with Crippen LogP contribution in [0.1, 0.15) is 32.1 Å². The highest BCUT2D eigenvalue weighted by molar-refractivity contribution is 9.10. The summed E-state index contributed by atoms with van der Waals surface area (Å²) >= 11 is 3.17. The van der Waals surface area contributed by atoms with Crippen LogP contribution < -0.4 is 4.74 Å². The van der Waals surface area contributed by atoms with Crippen molar-refractivity contribution in [1.82, 2.24) is 0 Å². The molecule has 0 heterocycles. The maximum Gasteiger partial charge on any atom is 0.287 e. The van der Waals surface area contributed by atoms with Crippen LogP contribution in [0.2, 0.25) is 0 Å². The molecule has 1 saturated carbocycles. The van der Waals surface area contributed by atoms with E-state index < -0.39 is 11.0 Å². The Hall–Kier alpha value is -1.14. The SMILES string of the molecule is O=[N+]([O-])c1cccc(OCC(O)CC2CCCC2)c1Br. The van der Waals surface area contributed by atoms with Crippen LogP contribution in [0.15, 0.2) is 22.7 Å². The van der Waals surface area contributed by atoms with Crippen molar-refractivity contribution >= 4 is 21.6 Å². The molecule has 5 nitrogen and oxygen atoms in total. The predicted octanol–water partition coefficient (Wildman–Crippen LogP) is 3.68. The summed E-state index contributed by atoms with van der Waals surface area (Å²) in [7, 11) is 0. The number of rotatable bonds is 6. The summed E-state index contributed by atoms with van der Waals surface area (Å²) < 4.78 is 5.82. The monoisotopic (exact) mass is 343 g/mol. The van der Waals surface area contributed by atoms with Crippen LogP contribution in [-0.2, 0) is 0 Å². The van der Waals surface area contributed by atoms with Crippen LogP contribution >= 0.6 is 15.9 Å². The third-order valence-electron chi connectivity index (χ3n) is 3.65. The molecule has 6 heteroatoms. The van der Waals surface area contributed by atoms with E-state index in [4.69, 9.17) is 4.74 Å². The number of nitro benzene ring substituents is 1. The van der Waals surface area contributed by atoms with Crippen molar-refractivity contribution in [2.24, 2.45) is 5.92 Å². The maximum absolute atomic E-state index is 10.8. The molecule has 1 aliphatic rings. The minimum atomic E-state index is -0.524. The van der Waals surface area contributed by atoms with Crippen LogP contribution in [0.5, 0.6) is 5.75 Å². The van der Waals surface area contributed by atoms with E-state index in [9.17, 15) is 15.2 Å². The smallest absolute Gasteiger partial charge is 0.287 e. The Bertz CT molecular complexity index is 474. The Labute approximate surface area is 126 Å². The lowest BCUT2D eigenvalue weighted by Crippen LogP contribution is -2.20. The molecule has 1 aromatic carbocycles. The molecular formula is C14H18BrNO4. The second-order valence-electron chi connectivity index (χ2n) is 5.20. The molecule has 1 N–H and O–H groups in total. The Morgan fingerprint density at radius 3 is 2.80 bits per heavy atom. The van der Waals surface area contributed by atoms with E-state index in [0.717, 1.165) is 6.42 Å². The lowest BCUT2D eigenvalue weighted by Gasteiger charge is -2.16. The zero-order valence-electron chi connectivity index (χ0n) is 11.1. The van der Waals surface area contributed by atoms with Gasteiger partial charge in [-0.05, 0) is 34.3 Å². The van der Waals surface area contributed by atoms with E-state index >= 15 is 0 Å². The molecule has 0 aliphatic heterocycles. The van der Waals surface area contributed by atoms with Crippen molar-refractivity contribution in [2.45, 2.75) is 38.2 Å². The molecule has 0 radical (unpaired) electrons. The third kappa shape index (κ3) is 3.93. The first kappa shape index (κ1) is 15.3. The fraction of sp³-hybridized carbons (Fsp3) is 0.571. The van der Waals surface area contributed by atoms with Gasteiger partial charge in [-0.25, -0.2) is 0 Å². The van der Waals surface area contributed by atoms with Gasteiger partial charge < -0.3 is 9.84 Å². The highest BCUT2D eigenvalue weighted by Gasteiger charge is 2.20. The predicted molar refractivity (Wildman–Crippen MR) is 78.9 cm³/mol. The quantitative estimate of drug-likeness (QED) is 0.631. The first-order chi connectivity index (χ1) is 9.58. The number of aliphatic hydroxyl groups excluding tert-OH is 1. The lowest BCUT2D eigenvalue weighted by molar-refractivity contribution is -0.385. The molecule has 1 atom stereocenters. The number of hydrogen-bond donors (Lipinski definition) is 1. The van der Waals surface area contributed by atoms with Gasteiger partial charge in [0.25, 0.3) is 5.69 Å². The largest absolute Gasteiger partial charge is 0.489 e. The van der Waals surface area contributed by atoms with Crippen LogP contribution in [0, 0.1) is 16.0 Å². The van der Waals surface area contributed by atoms with E-state index in [1.807, 2.05) is 0 Å². The van der Waals surface area contributed by atoms with Gasteiger partial charge in [-0.2, -0.15) is 0 Å². The minimum Gasteiger partial charge on any atom is -0.489 e. The van der Waals surface area contributed by atoms with E-state index in [1.165, 1.54) is 31.7 Å². The average molecular weight is 344 g/mol. The summed E-state index contributed by atoms with van der Waals surface area (Å²) in [6.07, 6.45) is 5.06. The normalized spacial score (nSPS) is 17.1. The Morgan fingerprint density at radius 2 is 2.15 bits per heavy atom. The van der Waals surface area contributed by atoms with Gasteiger partial charge in [-0.3, -0.25) is 10.1 Å². The topological polar surface area (TPSA) is 72.6 Å². The highest BCUT2D eigenvalue weighted by atomic mass is 79.9. The molecule has 1 fully saturated rings. The lowest BCUT2D eigenvalue weighted by atomic mass is 10.0. The van der Waals surface area contributed by atoms with Gasteiger partial charge in [0.1, 0.15) is 16.8 Å². The zero-order chi connectivity index (χ0) is 14.5. The number of ether oxygens (including phenoxy) is 1. The van der Waals surface area contributed by atoms with Crippen molar-refractivity contribution in [1.29, 1.82) is 0 Å². The molecule has 1 unspecified atom stereocenters. The third-order valence-corrected chi connectivity index (χ3v) is 4.45. The molecular weight excluding hydrogens is 326 g/mol. The first-order valence-electron chi connectivity index (χ1n) is 6.81. The molecule has 1 aromatic rings. The summed E-state index contributed by atoms with van der Waals surface area (Å²) in [4.78, 5) is 10.3. The second-order valence-corrected chi connectivity index (χ2v) is 5.99. The van der Waals surface area contributed by atoms with E-state index in [2.05, 4.69) is 15.9 Å². The van der Waals surface area contributed by atoms with Gasteiger partial charge in [0, 0.05) is 6.07 Å². The molecule has 0 spiro atoms. The van der Waals surface area contributed by atoms with Crippen molar-refractivity contribution < 1.29 is 14.8 Å². The number of halogens is 1. The highest BCUT2D eigenvalue weighted by Crippen LogP contribution is 2.34. The molecule has 0 bridgehead atoms. The molecule has 110 valence electrons. The Kier molecular flexibility index (Phi) is 5.37. The van der Waals surface area contributed by atoms with Gasteiger partial charge in [0.2, 0.25) is 0 Å². The number of nitro groups is 1. The number of nitrogens with zero attached hydrogens (tertiary/aromatic N) is 1. The summed E-state index contributed by atoms with van der Waals surface area (Å²) in [5.74, 6) is 0.979. The van der Waals surface area contributed by atoms with Crippen molar-refractivity contribution in [3.8, 4) is 5.75 Å². The van der Waals surface area contributed by atoms with Crippen LogP contribution in [0.4, 0.5) is 5.69 Å². The van der Waals surface area contributed by atoms with Crippen molar-refractivity contribution in [3.63, 3.8) is 0 Å². The standard InChI is InChI=1S/C14H18BrNO4/c15-14-12(16(18)19)6-3-7-13(14)20-9-11(17)8-10-4-1-2-5-10/h3,6-7,10-11,17H,1-2,4-5,8-9H2. The summed E-state index contributed by atoms with van der Waals surface area (Å²) in [5.41, 5.74) is -0.0345.